The van der Waals surface area contributed by atoms with E-state index in [1.165, 1.54) is 14.2 Å². The molecule has 12 heavy (non-hydrogen) atoms. The molecule has 0 aliphatic heterocycles. The molecule has 0 saturated carbocycles. The zero-order chi connectivity index (χ0) is 9.56. The average molecular weight is 175 g/mol. The Kier molecular flexibility index (Phi) is 5.27. The maximum atomic E-state index is 10.1. The minimum atomic E-state index is -1.10. The van der Waals surface area contributed by atoms with Crippen LogP contribution in [0.3, 0.4) is 0 Å². The number of carbonyl (C=O) groups is 1. The van der Waals surface area contributed by atoms with Crippen molar-refractivity contribution in [3.63, 3.8) is 0 Å². The average Bonchev–Trinajstić information content (AvgIpc) is 2.06. The van der Waals surface area contributed by atoms with Crippen LogP contribution in [0.2, 0.25) is 0 Å². The maximum Gasteiger partial charge on any atom is 0.202 e. The van der Waals surface area contributed by atoms with Crippen molar-refractivity contribution < 1.29 is 19.4 Å². The molecular weight excluding hydrogens is 162 g/mol. The summed E-state index contributed by atoms with van der Waals surface area (Å²) in [4.78, 5) is 10.1. The number of ether oxygens (including phenoxy) is 2. The van der Waals surface area contributed by atoms with Gasteiger partial charge in [-0.2, -0.15) is 0 Å². The van der Waals surface area contributed by atoms with Gasteiger partial charge in [0.1, 0.15) is 0 Å². The van der Waals surface area contributed by atoms with Crippen molar-refractivity contribution in [3.05, 3.63) is 12.3 Å². The third-order valence-electron chi connectivity index (χ3n) is 1.20. The van der Waals surface area contributed by atoms with Gasteiger partial charge >= 0.3 is 0 Å². The van der Waals surface area contributed by atoms with Crippen LogP contribution < -0.4 is 5.32 Å². The Balaban J connectivity index is 3.91. The lowest BCUT2D eigenvalue weighted by Gasteiger charge is -2.20. The standard InChI is InChI=1S/C7H13NO4/c1-5(4-9)8-6(10)7(11-2)12-3/h4,6-8,10H,1H2,2-3H3. The molecule has 0 radical (unpaired) electrons. The van der Waals surface area contributed by atoms with Gasteiger partial charge in [0.25, 0.3) is 0 Å². The summed E-state index contributed by atoms with van der Waals surface area (Å²) in [5.74, 6) is 0. The van der Waals surface area contributed by atoms with Crippen molar-refractivity contribution in [2.24, 2.45) is 0 Å². The second-order valence-electron chi connectivity index (χ2n) is 2.07. The quantitative estimate of drug-likeness (QED) is 0.315. The predicted octanol–water partition coefficient (Wildman–Crippen LogP) is -0.774. The van der Waals surface area contributed by atoms with Crippen molar-refractivity contribution >= 4 is 6.29 Å². The summed E-state index contributed by atoms with van der Waals surface area (Å²) >= 11 is 0. The van der Waals surface area contributed by atoms with E-state index in [1.54, 1.807) is 0 Å². The van der Waals surface area contributed by atoms with Gasteiger partial charge in [-0.25, -0.2) is 0 Å². The maximum absolute atomic E-state index is 10.1. The summed E-state index contributed by atoms with van der Waals surface area (Å²) < 4.78 is 9.43. The van der Waals surface area contributed by atoms with Crippen LogP contribution in [-0.4, -0.2) is 38.1 Å². The normalized spacial score (nSPS) is 12.7. The topological polar surface area (TPSA) is 67.8 Å². The summed E-state index contributed by atoms with van der Waals surface area (Å²) in [6.07, 6.45) is -1.43. The zero-order valence-corrected chi connectivity index (χ0v) is 7.11. The third kappa shape index (κ3) is 3.47. The number of aliphatic hydroxyl groups is 1. The van der Waals surface area contributed by atoms with Crippen LogP contribution in [-0.2, 0) is 14.3 Å². The minimum absolute atomic E-state index is 0.0709. The molecule has 2 N–H and O–H groups in total. The molecule has 0 aliphatic rings. The molecule has 0 amide bonds. The molecule has 1 atom stereocenters. The lowest BCUT2D eigenvalue weighted by Crippen LogP contribution is -2.41. The van der Waals surface area contributed by atoms with Gasteiger partial charge < -0.3 is 19.9 Å². The Hall–Kier alpha value is -0.910. The van der Waals surface area contributed by atoms with E-state index in [2.05, 4.69) is 11.9 Å². The van der Waals surface area contributed by atoms with Gasteiger partial charge in [-0.05, 0) is 0 Å². The molecule has 0 aliphatic carbocycles. The van der Waals surface area contributed by atoms with Crippen LogP contribution >= 0.6 is 0 Å². The second kappa shape index (κ2) is 5.70. The van der Waals surface area contributed by atoms with Crippen molar-refractivity contribution in [2.45, 2.75) is 12.5 Å². The number of nitrogens with one attached hydrogen (secondary N) is 1. The van der Waals surface area contributed by atoms with Crippen molar-refractivity contribution in [1.82, 2.24) is 5.32 Å². The molecule has 0 bridgehead atoms. The van der Waals surface area contributed by atoms with Crippen LogP contribution in [0.4, 0.5) is 0 Å². The van der Waals surface area contributed by atoms with E-state index in [0.29, 0.717) is 6.29 Å². The first kappa shape index (κ1) is 11.1. The Morgan fingerprint density at radius 2 is 2.08 bits per heavy atom. The zero-order valence-electron chi connectivity index (χ0n) is 7.11. The van der Waals surface area contributed by atoms with Gasteiger partial charge in [0.2, 0.25) is 6.29 Å². The van der Waals surface area contributed by atoms with Crippen LogP contribution in [0.1, 0.15) is 0 Å². The summed E-state index contributed by atoms with van der Waals surface area (Å²) in [6.45, 7) is 3.31. The SMILES string of the molecule is C=C(C=O)NC(O)C(OC)OC. The number of methoxy groups -OCH3 is 2. The summed E-state index contributed by atoms with van der Waals surface area (Å²) in [7, 11) is 2.76. The van der Waals surface area contributed by atoms with E-state index in [-0.39, 0.29) is 5.70 Å². The number of rotatable bonds is 6. The molecule has 5 nitrogen and oxygen atoms in total. The Bertz CT molecular complexity index is 155. The van der Waals surface area contributed by atoms with Crippen LogP contribution in [0.25, 0.3) is 0 Å². The summed E-state index contributed by atoms with van der Waals surface area (Å²) in [5, 5.41) is 11.6. The number of hydrogen-bond donors (Lipinski definition) is 2. The molecule has 70 valence electrons. The van der Waals surface area contributed by atoms with Gasteiger partial charge in [-0.3, -0.25) is 4.79 Å². The smallest absolute Gasteiger partial charge is 0.202 e. The van der Waals surface area contributed by atoms with Gasteiger partial charge in [-0.1, -0.05) is 6.58 Å². The second-order valence-corrected chi connectivity index (χ2v) is 2.07. The Morgan fingerprint density at radius 1 is 1.58 bits per heavy atom. The molecular formula is C7H13NO4. The van der Waals surface area contributed by atoms with E-state index >= 15 is 0 Å². The van der Waals surface area contributed by atoms with Crippen molar-refractivity contribution in [1.29, 1.82) is 0 Å². The van der Waals surface area contributed by atoms with Gasteiger partial charge in [0.05, 0.1) is 5.70 Å². The van der Waals surface area contributed by atoms with Gasteiger partial charge in [0, 0.05) is 14.2 Å². The molecule has 1 unspecified atom stereocenters. The fraction of sp³-hybridized carbons (Fsp3) is 0.571. The number of aldehydes is 1. The largest absolute Gasteiger partial charge is 0.369 e. The number of aliphatic hydroxyl groups excluding tert-OH is 1. The van der Waals surface area contributed by atoms with Crippen LogP contribution in [0.5, 0.6) is 0 Å². The number of carbonyl (C=O) groups excluding carboxylic acids is 1. The molecule has 0 aromatic rings. The third-order valence-corrected chi connectivity index (χ3v) is 1.20. The molecule has 0 fully saturated rings. The summed E-state index contributed by atoms with van der Waals surface area (Å²) in [6, 6.07) is 0. The highest BCUT2D eigenvalue weighted by Gasteiger charge is 2.17. The van der Waals surface area contributed by atoms with E-state index in [0.717, 1.165) is 0 Å². The highest BCUT2D eigenvalue weighted by Crippen LogP contribution is 1.96. The Labute approximate surface area is 71.0 Å². The highest BCUT2D eigenvalue weighted by atomic mass is 16.7. The lowest BCUT2D eigenvalue weighted by atomic mass is 10.4. The first-order valence-corrected chi connectivity index (χ1v) is 3.30. The molecule has 0 spiro atoms. The molecule has 0 heterocycles. The van der Waals surface area contributed by atoms with E-state index in [4.69, 9.17) is 9.47 Å². The lowest BCUT2D eigenvalue weighted by molar-refractivity contribution is -0.170. The molecule has 0 aromatic heterocycles. The first-order valence-electron chi connectivity index (χ1n) is 3.30. The van der Waals surface area contributed by atoms with E-state index in [1.807, 2.05) is 0 Å². The molecule has 0 saturated heterocycles. The van der Waals surface area contributed by atoms with Gasteiger partial charge in [-0.15, -0.1) is 0 Å². The first-order chi connectivity index (χ1) is 5.65. The number of hydrogen-bond acceptors (Lipinski definition) is 5. The van der Waals surface area contributed by atoms with E-state index in [9.17, 15) is 9.90 Å². The van der Waals surface area contributed by atoms with Crippen LogP contribution in [0.15, 0.2) is 12.3 Å². The minimum Gasteiger partial charge on any atom is -0.369 e. The van der Waals surface area contributed by atoms with Crippen molar-refractivity contribution in [2.75, 3.05) is 14.2 Å². The molecule has 5 heteroatoms. The fourth-order valence-electron chi connectivity index (χ4n) is 0.646. The predicted molar refractivity (Wildman–Crippen MR) is 42.2 cm³/mol. The monoisotopic (exact) mass is 175 g/mol. The van der Waals surface area contributed by atoms with E-state index < -0.39 is 12.5 Å². The number of allylic oxidation sites excluding steroid dienone is 1. The highest BCUT2D eigenvalue weighted by molar-refractivity contribution is 5.71. The molecule has 0 aromatic carbocycles. The van der Waals surface area contributed by atoms with Crippen molar-refractivity contribution in [3.8, 4) is 0 Å². The Morgan fingerprint density at radius 3 is 2.42 bits per heavy atom. The fourth-order valence-corrected chi connectivity index (χ4v) is 0.646. The summed E-state index contributed by atoms with van der Waals surface area (Å²) in [5.41, 5.74) is 0.0709. The van der Waals surface area contributed by atoms with Crippen LogP contribution in [0, 0.1) is 0 Å². The molecule has 0 rings (SSSR count). The van der Waals surface area contributed by atoms with Gasteiger partial charge in [0.15, 0.2) is 12.5 Å².